The van der Waals surface area contributed by atoms with Crippen LogP contribution in [0.4, 0.5) is 0 Å². The highest BCUT2D eigenvalue weighted by atomic mass is 14.4. The zero-order valence-corrected chi connectivity index (χ0v) is 7.24. The molecule has 0 radical (unpaired) electrons. The molecule has 0 amide bonds. The van der Waals surface area contributed by atoms with Gasteiger partial charge in [0.2, 0.25) is 0 Å². The Balaban J connectivity index is 1.83. The Morgan fingerprint density at radius 2 is 2.17 bits per heavy atom. The van der Waals surface area contributed by atoms with Crippen molar-refractivity contribution in [1.29, 1.82) is 0 Å². The lowest BCUT2D eigenvalue weighted by Crippen LogP contribution is -2.08. The highest BCUT2D eigenvalue weighted by Gasteiger charge is 2.37. The van der Waals surface area contributed by atoms with E-state index in [4.69, 9.17) is 0 Å². The van der Waals surface area contributed by atoms with Crippen molar-refractivity contribution < 1.29 is 0 Å². The van der Waals surface area contributed by atoms with Crippen LogP contribution in [0.1, 0.15) is 19.3 Å². The summed E-state index contributed by atoms with van der Waals surface area (Å²) in [6.07, 6.45) is 15.8. The van der Waals surface area contributed by atoms with E-state index >= 15 is 0 Å². The quantitative estimate of drug-likeness (QED) is 0.514. The molecule has 0 heterocycles. The first kappa shape index (κ1) is 6.71. The molecule has 3 aliphatic rings. The van der Waals surface area contributed by atoms with Crippen molar-refractivity contribution >= 4 is 0 Å². The van der Waals surface area contributed by atoms with Crippen molar-refractivity contribution in [1.82, 2.24) is 0 Å². The van der Waals surface area contributed by atoms with Crippen LogP contribution in [0.2, 0.25) is 0 Å². The second-order valence-electron chi connectivity index (χ2n) is 4.26. The second kappa shape index (κ2) is 2.35. The Kier molecular flexibility index (Phi) is 1.31. The van der Waals surface area contributed by atoms with Gasteiger partial charge in [0.05, 0.1) is 0 Å². The smallest absolute Gasteiger partial charge is 0.0128 e. The fraction of sp³-hybridized carbons (Fsp3) is 0.500. The Bertz CT molecular complexity index is 280. The van der Waals surface area contributed by atoms with Crippen molar-refractivity contribution in [2.45, 2.75) is 19.3 Å². The molecular weight excluding hydrogens is 144 g/mol. The van der Waals surface area contributed by atoms with Gasteiger partial charge in [-0.15, -0.1) is 0 Å². The normalized spacial score (nSPS) is 42.7. The predicted molar refractivity (Wildman–Crippen MR) is 50.7 cm³/mol. The van der Waals surface area contributed by atoms with Gasteiger partial charge >= 0.3 is 0 Å². The lowest BCUT2D eigenvalue weighted by molar-refractivity contribution is 0.514. The first-order valence-corrected chi connectivity index (χ1v) is 4.97. The van der Waals surface area contributed by atoms with Gasteiger partial charge in [0.15, 0.2) is 0 Å². The summed E-state index contributed by atoms with van der Waals surface area (Å²) in [4.78, 5) is 0. The molecule has 0 aromatic rings. The number of fused-ring (bicyclic) bond motifs is 2. The Morgan fingerprint density at radius 1 is 1.17 bits per heavy atom. The highest BCUT2D eigenvalue weighted by Crippen LogP contribution is 2.47. The van der Waals surface area contributed by atoms with E-state index in [9.17, 15) is 0 Å². The first-order chi connectivity index (χ1) is 5.93. The molecule has 3 rings (SSSR count). The van der Waals surface area contributed by atoms with Crippen molar-refractivity contribution in [3.63, 3.8) is 0 Å². The molecular formula is C12H14. The first-order valence-electron chi connectivity index (χ1n) is 4.97. The van der Waals surface area contributed by atoms with Crippen LogP contribution in [0.25, 0.3) is 0 Å². The maximum Gasteiger partial charge on any atom is -0.0128 e. The average molecular weight is 158 g/mol. The monoisotopic (exact) mass is 158 g/mol. The Morgan fingerprint density at radius 3 is 2.75 bits per heavy atom. The Labute approximate surface area is 73.7 Å². The third-order valence-corrected chi connectivity index (χ3v) is 3.56. The Hall–Kier alpha value is -0.780. The van der Waals surface area contributed by atoms with Crippen molar-refractivity contribution in [3.05, 3.63) is 36.0 Å². The molecule has 0 aromatic heterocycles. The summed E-state index contributed by atoms with van der Waals surface area (Å²) in [6, 6.07) is 0. The molecule has 1 saturated carbocycles. The largest absolute Gasteiger partial charge is 0.0851 e. The van der Waals surface area contributed by atoms with E-state index in [-0.39, 0.29) is 0 Å². The summed E-state index contributed by atoms with van der Waals surface area (Å²) in [5, 5.41) is 0. The topological polar surface area (TPSA) is 0 Å². The highest BCUT2D eigenvalue weighted by molar-refractivity contribution is 5.29. The molecule has 1 fully saturated rings. The van der Waals surface area contributed by atoms with Crippen LogP contribution >= 0.6 is 0 Å². The average Bonchev–Trinajstić information content (AvgIpc) is 2.81. The lowest BCUT2D eigenvalue weighted by atomic mass is 9.86. The fourth-order valence-electron chi connectivity index (χ4n) is 2.95. The van der Waals surface area contributed by atoms with E-state index in [2.05, 4.69) is 30.4 Å². The van der Waals surface area contributed by atoms with Crippen LogP contribution in [0.15, 0.2) is 36.0 Å². The van der Waals surface area contributed by atoms with Gasteiger partial charge in [-0.2, -0.15) is 0 Å². The van der Waals surface area contributed by atoms with E-state index < -0.39 is 0 Å². The summed E-state index contributed by atoms with van der Waals surface area (Å²) >= 11 is 0. The minimum absolute atomic E-state index is 0.890. The number of allylic oxidation sites excluding steroid dienone is 6. The predicted octanol–water partition coefficient (Wildman–Crippen LogP) is 3.08. The SMILES string of the molecule is C1=CCC(C2CC3C=CC2C3)=C1. The molecule has 0 saturated heterocycles. The zero-order valence-electron chi connectivity index (χ0n) is 7.24. The number of hydrogen-bond donors (Lipinski definition) is 0. The van der Waals surface area contributed by atoms with E-state index in [0.29, 0.717) is 0 Å². The number of rotatable bonds is 1. The molecule has 0 heteroatoms. The van der Waals surface area contributed by atoms with E-state index in [1.165, 1.54) is 19.3 Å². The van der Waals surface area contributed by atoms with Crippen LogP contribution in [0.3, 0.4) is 0 Å². The summed E-state index contributed by atoms with van der Waals surface area (Å²) in [7, 11) is 0. The molecule has 62 valence electrons. The van der Waals surface area contributed by atoms with Crippen LogP contribution in [0.5, 0.6) is 0 Å². The van der Waals surface area contributed by atoms with E-state index in [1.807, 2.05) is 0 Å². The molecule has 0 aliphatic heterocycles. The summed E-state index contributed by atoms with van der Waals surface area (Å²) in [6.45, 7) is 0. The van der Waals surface area contributed by atoms with Gasteiger partial charge in [-0.1, -0.05) is 36.0 Å². The van der Waals surface area contributed by atoms with Gasteiger partial charge in [0.1, 0.15) is 0 Å². The molecule has 0 N–H and O–H groups in total. The minimum Gasteiger partial charge on any atom is -0.0851 e. The number of hydrogen-bond acceptors (Lipinski definition) is 0. The molecule has 2 bridgehead atoms. The van der Waals surface area contributed by atoms with Crippen LogP contribution in [-0.2, 0) is 0 Å². The van der Waals surface area contributed by atoms with Gasteiger partial charge < -0.3 is 0 Å². The van der Waals surface area contributed by atoms with Gasteiger partial charge in [-0.3, -0.25) is 0 Å². The molecule has 0 spiro atoms. The molecule has 3 atom stereocenters. The summed E-state index contributed by atoms with van der Waals surface area (Å²) in [5.74, 6) is 2.71. The molecule has 3 unspecified atom stereocenters. The van der Waals surface area contributed by atoms with Crippen molar-refractivity contribution in [2.24, 2.45) is 17.8 Å². The maximum atomic E-state index is 2.44. The third kappa shape index (κ3) is 0.841. The second-order valence-corrected chi connectivity index (χ2v) is 4.26. The molecule has 0 aromatic carbocycles. The third-order valence-electron chi connectivity index (χ3n) is 3.56. The van der Waals surface area contributed by atoms with Gasteiger partial charge in [-0.05, 0) is 37.0 Å². The lowest BCUT2D eigenvalue weighted by Gasteiger charge is -2.19. The fourth-order valence-corrected chi connectivity index (χ4v) is 2.95. The molecule has 3 aliphatic carbocycles. The van der Waals surface area contributed by atoms with Crippen LogP contribution in [-0.4, -0.2) is 0 Å². The van der Waals surface area contributed by atoms with Gasteiger partial charge in [0, 0.05) is 0 Å². The molecule has 0 nitrogen and oxygen atoms in total. The van der Waals surface area contributed by atoms with Gasteiger partial charge in [0.25, 0.3) is 0 Å². The van der Waals surface area contributed by atoms with Crippen LogP contribution < -0.4 is 0 Å². The van der Waals surface area contributed by atoms with Crippen molar-refractivity contribution in [2.75, 3.05) is 0 Å². The van der Waals surface area contributed by atoms with Crippen molar-refractivity contribution in [3.8, 4) is 0 Å². The minimum atomic E-state index is 0.890. The maximum absolute atomic E-state index is 2.44. The molecule has 12 heavy (non-hydrogen) atoms. The summed E-state index contributed by atoms with van der Waals surface area (Å²) < 4.78 is 0. The van der Waals surface area contributed by atoms with Gasteiger partial charge in [-0.25, -0.2) is 0 Å². The van der Waals surface area contributed by atoms with E-state index in [0.717, 1.165) is 17.8 Å². The van der Waals surface area contributed by atoms with Crippen LogP contribution in [0, 0.1) is 17.8 Å². The van der Waals surface area contributed by atoms with E-state index in [1.54, 1.807) is 5.57 Å². The zero-order chi connectivity index (χ0) is 7.97. The summed E-state index contributed by atoms with van der Waals surface area (Å²) in [5.41, 5.74) is 1.69. The standard InChI is InChI=1S/C12H14/c1-2-4-10(3-1)12-8-9-5-6-11(12)7-9/h1-3,5-6,9,11-12H,4,7-8H2.